The van der Waals surface area contributed by atoms with E-state index in [2.05, 4.69) is 44.2 Å². The van der Waals surface area contributed by atoms with E-state index in [0.717, 1.165) is 12.0 Å². The monoisotopic (exact) mass is 258 g/mol. The highest BCUT2D eigenvalue weighted by Crippen LogP contribution is 2.20. The Kier molecular flexibility index (Phi) is 6.32. The number of thioether (sulfide) groups is 1. The second kappa shape index (κ2) is 7.01. The van der Waals surface area contributed by atoms with E-state index >= 15 is 0 Å². The Labute approximate surface area is 112 Å². The first-order chi connectivity index (χ1) is 7.92. The fourth-order valence-electron chi connectivity index (χ4n) is 2.35. The third-order valence-electron chi connectivity index (χ3n) is 3.60. The number of likely N-dealkylation sites (tertiary alicyclic amines) is 1. The van der Waals surface area contributed by atoms with Gasteiger partial charge in [-0.2, -0.15) is 11.8 Å². The molecule has 0 bridgehead atoms. The van der Waals surface area contributed by atoms with Crippen molar-refractivity contribution < 1.29 is 0 Å². The number of rotatable bonds is 6. The summed E-state index contributed by atoms with van der Waals surface area (Å²) in [5.74, 6) is 2.15. The lowest BCUT2D eigenvalue weighted by Gasteiger charge is -2.26. The predicted molar refractivity (Wildman–Crippen MR) is 79.9 cm³/mol. The van der Waals surface area contributed by atoms with Crippen LogP contribution in [-0.4, -0.2) is 48.1 Å². The Hall–Kier alpha value is 0.270. The third-order valence-corrected chi connectivity index (χ3v) is 4.25. The van der Waals surface area contributed by atoms with Gasteiger partial charge in [0.25, 0.3) is 0 Å². The van der Waals surface area contributed by atoms with Crippen molar-refractivity contribution >= 4 is 11.8 Å². The normalized spacial score (nSPS) is 24.2. The van der Waals surface area contributed by atoms with Crippen LogP contribution in [-0.2, 0) is 0 Å². The maximum absolute atomic E-state index is 3.64. The zero-order valence-corrected chi connectivity index (χ0v) is 13.1. The molecule has 1 rings (SSSR count). The fraction of sp³-hybridized carbons (Fsp3) is 1.00. The standard InChI is InChI=1S/C14H30N2S/c1-12(7-9-17-5)16-8-6-13(11-16)10-15-14(2,3)4/h12-13,15H,6-11H2,1-5H3. The molecule has 0 saturated carbocycles. The maximum Gasteiger partial charge on any atom is 0.00966 e. The molecule has 1 N–H and O–H groups in total. The van der Waals surface area contributed by atoms with Crippen molar-refractivity contribution in [1.82, 2.24) is 10.2 Å². The van der Waals surface area contributed by atoms with E-state index in [1.807, 2.05) is 11.8 Å². The van der Waals surface area contributed by atoms with Crippen LogP contribution in [0.15, 0.2) is 0 Å². The van der Waals surface area contributed by atoms with Gasteiger partial charge in [-0.3, -0.25) is 0 Å². The van der Waals surface area contributed by atoms with Gasteiger partial charge < -0.3 is 10.2 Å². The molecular formula is C14H30N2S. The van der Waals surface area contributed by atoms with E-state index in [0.29, 0.717) is 0 Å². The Balaban J connectivity index is 2.22. The van der Waals surface area contributed by atoms with Crippen LogP contribution < -0.4 is 5.32 Å². The summed E-state index contributed by atoms with van der Waals surface area (Å²) in [6.45, 7) is 12.9. The van der Waals surface area contributed by atoms with Crippen LogP contribution >= 0.6 is 11.8 Å². The first kappa shape index (κ1) is 15.3. The zero-order chi connectivity index (χ0) is 12.9. The molecule has 1 aliphatic heterocycles. The largest absolute Gasteiger partial charge is 0.312 e. The molecule has 17 heavy (non-hydrogen) atoms. The van der Waals surface area contributed by atoms with Crippen molar-refractivity contribution in [2.45, 2.75) is 52.1 Å². The number of hydrogen-bond acceptors (Lipinski definition) is 3. The second-order valence-electron chi connectivity index (χ2n) is 6.41. The minimum absolute atomic E-state index is 0.262. The lowest BCUT2D eigenvalue weighted by Crippen LogP contribution is -2.40. The first-order valence-electron chi connectivity index (χ1n) is 6.90. The van der Waals surface area contributed by atoms with E-state index < -0.39 is 0 Å². The summed E-state index contributed by atoms with van der Waals surface area (Å²) in [7, 11) is 0. The summed E-state index contributed by atoms with van der Waals surface area (Å²) in [6.07, 6.45) is 4.90. The maximum atomic E-state index is 3.64. The van der Waals surface area contributed by atoms with E-state index in [4.69, 9.17) is 0 Å². The molecule has 102 valence electrons. The van der Waals surface area contributed by atoms with Gasteiger partial charge in [-0.05, 0) is 71.6 Å². The average Bonchev–Trinajstić information content (AvgIpc) is 2.70. The molecule has 2 unspecified atom stereocenters. The van der Waals surface area contributed by atoms with Crippen molar-refractivity contribution in [3.63, 3.8) is 0 Å². The van der Waals surface area contributed by atoms with Crippen LogP contribution in [0.4, 0.5) is 0 Å². The Bertz CT molecular complexity index is 213. The zero-order valence-electron chi connectivity index (χ0n) is 12.3. The quantitative estimate of drug-likeness (QED) is 0.789. The Morgan fingerprint density at radius 2 is 2.12 bits per heavy atom. The Morgan fingerprint density at radius 1 is 1.41 bits per heavy atom. The van der Waals surface area contributed by atoms with Crippen LogP contribution in [0, 0.1) is 5.92 Å². The molecule has 2 atom stereocenters. The lowest BCUT2D eigenvalue weighted by molar-refractivity contribution is 0.241. The SMILES string of the molecule is CSCCC(C)N1CCC(CNC(C)(C)C)C1. The Morgan fingerprint density at radius 3 is 2.71 bits per heavy atom. The fourth-order valence-corrected chi connectivity index (χ4v) is 2.93. The summed E-state index contributed by atoms with van der Waals surface area (Å²) in [5.41, 5.74) is 0.262. The lowest BCUT2D eigenvalue weighted by atomic mass is 10.1. The molecular weight excluding hydrogens is 228 g/mol. The van der Waals surface area contributed by atoms with Gasteiger partial charge in [-0.25, -0.2) is 0 Å². The molecule has 0 aromatic rings. The van der Waals surface area contributed by atoms with Gasteiger partial charge in [0.15, 0.2) is 0 Å². The van der Waals surface area contributed by atoms with Crippen LogP contribution in [0.2, 0.25) is 0 Å². The van der Waals surface area contributed by atoms with E-state index in [1.54, 1.807) is 0 Å². The van der Waals surface area contributed by atoms with Gasteiger partial charge in [0, 0.05) is 18.1 Å². The third kappa shape index (κ3) is 6.12. The van der Waals surface area contributed by atoms with Gasteiger partial charge in [0.2, 0.25) is 0 Å². The molecule has 1 saturated heterocycles. The highest BCUT2D eigenvalue weighted by molar-refractivity contribution is 7.98. The molecule has 2 nitrogen and oxygen atoms in total. The molecule has 0 aromatic carbocycles. The first-order valence-corrected chi connectivity index (χ1v) is 8.30. The molecule has 3 heteroatoms. The molecule has 1 aliphatic rings. The summed E-state index contributed by atoms with van der Waals surface area (Å²) in [4.78, 5) is 2.67. The molecule has 1 fully saturated rings. The summed E-state index contributed by atoms with van der Waals surface area (Å²) < 4.78 is 0. The topological polar surface area (TPSA) is 15.3 Å². The second-order valence-corrected chi connectivity index (χ2v) is 7.40. The van der Waals surface area contributed by atoms with E-state index in [1.165, 1.54) is 38.2 Å². The van der Waals surface area contributed by atoms with Crippen LogP contribution in [0.3, 0.4) is 0 Å². The summed E-state index contributed by atoms with van der Waals surface area (Å²) in [6, 6.07) is 0.766. The van der Waals surface area contributed by atoms with Crippen molar-refractivity contribution in [2.75, 3.05) is 31.6 Å². The number of hydrogen-bond donors (Lipinski definition) is 1. The highest BCUT2D eigenvalue weighted by atomic mass is 32.2. The molecule has 0 spiro atoms. The summed E-state index contributed by atoms with van der Waals surface area (Å²) >= 11 is 1.96. The molecule has 0 amide bonds. The average molecular weight is 258 g/mol. The minimum Gasteiger partial charge on any atom is -0.312 e. The molecule has 1 heterocycles. The van der Waals surface area contributed by atoms with Crippen molar-refractivity contribution in [3.05, 3.63) is 0 Å². The number of nitrogens with one attached hydrogen (secondary N) is 1. The van der Waals surface area contributed by atoms with Gasteiger partial charge in [-0.15, -0.1) is 0 Å². The predicted octanol–water partition coefficient (Wildman–Crippen LogP) is 2.84. The van der Waals surface area contributed by atoms with Crippen LogP contribution in [0.25, 0.3) is 0 Å². The van der Waals surface area contributed by atoms with Crippen molar-refractivity contribution in [3.8, 4) is 0 Å². The molecule has 0 aliphatic carbocycles. The molecule has 0 aromatic heterocycles. The van der Waals surface area contributed by atoms with Gasteiger partial charge in [0.1, 0.15) is 0 Å². The van der Waals surface area contributed by atoms with E-state index in [9.17, 15) is 0 Å². The highest BCUT2D eigenvalue weighted by Gasteiger charge is 2.26. The van der Waals surface area contributed by atoms with Crippen molar-refractivity contribution in [2.24, 2.45) is 5.92 Å². The van der Waals surface area contributed by atoms with Crippen LogP contribution in [0.5, 0.6) is 0 Å². The van der Waals surface area contributed by atoms with E-state index in [-0.39, 0.29) is 5.54 Å². The number of nitrogens with zero attached hydrogens (tertiary/aromatic N) is 1. The van der Waals surface area contributed by atoms with Gasteiger partial charge >= 0.3 is 0 Å². The summed E-state index contributed by atoms with van der Waals surface area (Å²) in [5, 5.41) is 3.64. The van der Waals surface area contributed by atoms with Crippen molar-refractivity contribution in [1.29, 1.82) is 0 Å². The molecule has 0 radical (unpaired) electrons. The minimum atomic E-state index is 0.262. The van der Waals surface area contributed by atoms with Gasteiger partial charge in [-0.1, -0.05) is 0 Å². The van der Waals surface area contributed by atoms with Crippen LogP contribution in [0.1, 0.15) is 40.5 Å². The smallest absolute Gasteiger partial charge is 0.00966 e. The van der Waals surface area contributed by atoms with Gasteiger partial charge in [0.05, 0.1) is 0 Å².